The van der Waals surface area contributed by atoms with Crippen LogP contribution in [0.1, 0.15) is 125 Å². The van der Waals surface area contributed by atoms with E-state index in [4.69, 9.17) is 0 Å². The summed E-state index contributed by atoms with van der Waals surface area (Å²) in [5.41, 5.74) is 1.53. The molecule has 1 aromatic carbocycles. The van der Waals surface area contributed by atoms with E-state index in [-0.39, 0.29) is 22.0 Å². The van der Waals surface area contributed by atoms with Crippen molar-refractivity contribution in [1.82, 2.24) is 0 Å². The Hall–Kier alpha value is -1.84. The fourth-order valence-electron chi connectivity index (χ4n) is 4.36. The molecular formula is C26H42O4. The maximum Gasteiger partial charge on any atom is 0.336 e. The fourth-order valence-corrected chi connectivity index (χ4v) is 4.36. The summed E-state index contributed by atoms with van der Waals surface area (Å²) in [6.45, 7) is 13.1. The van der Waals surface area contributed by atoms with Crippen LogP contribution in [0.25, 0.3) is 0 Å². The number of carbonyl (C=O) groups is 2. The third-order valence-electron chi connectivity index (χ3n) is 6.09. The van der Waals surface area contributed by atoms with Crippen LogP contribution in [0.5, 0.6) is 0 Å². The number of aromatic carboxylic acids is 2. The van der Waals surface area contributed by atoms with Gasteiger partial charge in [0.05, 0.1) is 11.1 Å². The minimum absolute atomic E-state index is 0.0204. The number of hydrogen-bond acceptors (Lipinski definition) is 2. The SMILES string of the molecule is CCCCCC(C)(C)Cc1ccc(C(=O)O)c(C(=O)O)c1CC(C)(C)CCCCC. The van der Waals surface area contributed by atoms with Gasteiger partial charge in [-0.1, -0.05) is 86.1 Å². The van der Waals surface area contributed by atoms with Gasteiger partial charge < -0.3 is 10.2 Å². The highest BCUT2D eigenvalue weighted by Gasteiger charge is 2.29. The molecule has 0 bridgehead atoms. The highest BCUT2D eigenvalue weighted by Crippen LogP contribution is 2.36. The molecule has 0 amide bonds. The van der Waals surface area contributed by atoms with E-state index in [1.165, 1.54) is 18.9 Å². The summed E-state index contributed by atoms with van der Waals surface area (Å²) in [5, 5.41) is 19.6. The van der Waals surface area contributed by atoms with E-state index in [1.807, 2.05) is 6.07 Å². The molecule has 0 atom stereocenters. The monoisotopic (exact) mass is 418 g/mol. The predicted octanol–water partition coefficient (Wildman–Crippen LogP) is 7.38. The van der Waals surface area contributed by atoms with Gasteiger partial charge in [0.25, 0.3) is 0 Å². The van der Waals surface area contributed by atoms with E-state index in [1.54, 1.807) is 0 Å². The Kier molecular flexibility index (Phi) is 10.1. The molecule has 0 unspecified atom stereocenters. The van der Waals surface area contributed by atoms with Crippen molar-refractivity contribution in [3.05, 3.63) is 34.4 Å². The summed E-state index contributed by atoms with van der Waals surface area (Å²) in [5.74, 6) is -2.32. The van der Waals surface area contributed by atoms with Crippen molar-refractivity contribution in [1.29, 1.82) is 0 Å². The fraction of sp³-hybridized carbons (Fsp3) is 0.692. The molecule has 0 aliphatic rings. The predicted molar refractivity (Wildman–Crippen MR) is 124 cm³/mol. The van der Waals surface area contributed by atoms with Crippen LogP contribution < -0.4 is 0 Å². The van der Waals surface area contributed by atoms with Crippen molar-refractivity contribution in [2.45, 2.75) is 106 Å². The van der Waals surface area contributed by atoms with Crippen molar-refractivity contribution in [3.63, 3.8) is 0 Å². The zero-order valence-electron chi connectivity index (χ0n) is 19.9. The van der Waals surface area contributed by atoms with Crippen molar-refractivity contribution >= 4 is 11.9 Å². The summed E-state index contributed by atoms with van der Waals surface area (Å²) in [4.78, 5) is 23.9. The number of carboxylic acid groups (broad SMARTS) is 2. The molecule has 0 aliphatic carbocycles. The molecule has 2 N–H and O–H groups in total. The first-order valence-electron chi connectivity index (χ1n) is 11.6. The zero-order chi connectivity index (χ0) is 22.9. The average Bonchev–Trinajstić information content (AvgIpc) is 2.62. The molecule has 0 saturated carbocycles. The van der Waals surface area contributed by atoms with Crippen LogP contribution in [0, 0.1) is 10.8 Å². The van der Waals surface area contributed by atoms with Crippen LogP contribution >= 0.6 is 0 Å². The smallest absolute Gasteiger partial charge is 0.336 e. The summed E-state index contributed by atoms with van der Waals surface area (Å²) < 4.78 is 0. The van der Waals surface area contributed by atoms with Crippen LogP contribution in [-0.4, -0.2) is 22.2 Å². The molecule has 0 heterocycles. The second-order valence-electron chi connectivity index (χ2n) is 10.3. The second kappa shape index (κ2) is 11.5. The Morgan fingerprint density at radius 2 is 1.27 bits per heavy atom. The Morgan fingerprint density at radius 1 is 0.767 bits per heavy atom. The zero-order valence-corrected chi connectivity index (χ0v) is 19.9. The van der Waals surface area contributed by atoms with E-state index in [0.717, 1.165) is 50.5 Å². The van der Waals surface area contributed by atoms with Crippen LogP contribution in [0.2, 0.25) is 0 Å². The maximum atomic E-state index is 12.2. The van der Waals surface area contributed by atoms with Gasteiger partial charge >= 0.3 is 11.9 Å². The van der Waals surface area contributed by atoms with Crippen LogP contribution in [-0.2, 0) is 12.8 Å². The van der Waals surface area contributed by atoms with Gasteiger partial charge in [-0.15, -0.1) is 0 Å². The molecule has 0 radical (unpaired) electrons. The van der Waals surface area contributed by atoms with Crippen LogP contribution in [0.15, 0.2) is 12.1 Å². The third kappa shape index (κ3) is 8.12. The molecule has 4 nitrogen and oxygen atoms in total. The minimum atomic E-state index is -1.17. The molecule has 1 rings (SSSR count). The van der Waals surface area contributed by atoms with Gasteiger partial charge in [0, 0.05) is 0 Å². The number of unbranched alkanes of at least 4 members (excludes halogenated alkanes) is 4. The largest absolute Gasteiger partial charge is 0.478 e. The van der Waals surface area contributed by atoms with Gasteiger partial charge in [0.15, 0.2) is 0 Å². The van der Waals surface area contributed by atoms with E-state index in [2.05, 4.69) is 41.5 Å². The number of benzene rings is 1. The van der Waals surface area contributed by atoms with Crippen molar-refractivity contribution < 1.29 is 19.8 Å². The standard InChI is InChI=1S/C26H42O4/c1-7-9-11-15-25(3,4)17-19-13-14-20(23(27)28)22(24(29)30)21(19)18-26(5,6)16-12-10-8-2/h13-14H,7-12,15-18H2,1-6H3,(H,27,28)(H,29,30). The molecule has 0 spiro atoms. The number of hydrogen-bond donors (Lipinski definition) is 2. The summed E-state index contributed by atoms with van der Waals surface area (Å²) in [7, 11) is 0. The lowest BCUT2D eigenvalue weighted by molar-refractivity contribution is 0.0649. The number of carboxylic acids is 2. The average molecular weight is 419 g/mol. The van der Waals surface area contributed by atoms with Gasteiger partial charge in [-0.2, -0.15) is 0 Å². The van der Waals surface area contributed by atoms with Crippen molar-refractivity contribution in [2.24, 2.45) is 10.8 Å². The Balaban J connectivity index is 3.38. The lowest BCUT2D eigenvalue weighted by atomic mass is 9.74. The molecule has 0 aromatic heterocycles. The van der Waals surface area contributed by atoms with Crippen LogP contribution in [0.4, 0.5) is 0 Å². The normalized spacial score (nSPS) is 12.2. The summed E-state index contributed by atoms with van der Waals surface area (Å²) in [6, 6.07) is 3.34. The quantitative estimate of drug-likeness (QED) is 0.309. The van der Waals surface area contributed by atoms with E-state index < -0.39 is 11.9 Å². The van der Waals surface area contributed by atoms with E-state index in [0.29, 0.717) is 12.0 Å². The molecule has 30 heavy (non-hydrogen) atoms. The van der Waals surface area contributed by atoms with E-state index in [9.17, 15) is 19.8 Å². The second-order valence-corrected chi connectivity index (χ2v) is 10.3. The van der Waals surface area contributed by atoms with E-state index >= 15 is 0 Å². The van der Waals surface area contributed by atoms with Gasteiger partial charge in [-0.25, -0.2) is 9.59 Å². The van der Waals surface area contributed by atoms with Gasteiger partial charge in [-0.05, 0) is 53.7 Å². The molecule has 170 valence electrons. The molecule has 4 heteroatoms. The third-order valence-corrected chi connectivity index (χ3v) is 6.09. The van der Waals surface area contributed by atoms with Gasteiger partial charge in [-0.3, -0.25) is 0 Å². The summed E-state index contributed by atoms with van der Waals surface area (Å²) in [6.07, 6.45) is 10.3. The Labute approximate surface area is 183 Å². The molecule has 0 saturated heterocycles. The summed E-state index contributed by atoms with van der Waals surface area (Å²) >= 11 is 0. The van der Waals surface area contributed by atoms with Gasteiger partial charge in [0.2, 0.25) is 0 Å². The molecule has 0 fully saturated rings. The maximum absolute atomic E-state index is 12.2. The number of rotatable bonds is 14. The van der Waals surface area contributed by atoms with Crippen molar-refractivity contribution in [2.75, 3.05) is 0 Å². The first-order chi connectivity index (χ1) is 13.9. The topological polar surface area (TPSA) is 74.6 Å². The highest BCUT2D eigenvalue weighted by atomic mass is 16.4. The lowest BCUT2D eigenvalue weighted by Crippen LogP contribution is -2.23. The lowest BCUT2D eigenvalue weighted by Gasteiger charge is -2.30. The van der Waals surface area contributed by atoms with Crippen molar-refractivity contribution in [3.8, 4) is 0 Å². The first-order valence-corrected chi connectivity index (χ1v) is 11.6. The van der Waals surface area contributed by atoms with Gasteiger partial charge in [0.1, 0.15) is 0 Å². The molecule has 1 aromatic rings. The molecule has 0 aliphatic heterocycles. The molecular weight excluding hydrogens is 376 g/mol. The minimum Gasteiger partial charge on any atom is -0.478 e. The highest BCUT2D eigenvalue weighted by molar-refractivity contribution is 6.03. The Bertz CT molecular complexity index is 716. The Morgan fingerprint density at radius 3 is 1.70 bits per heavy atom. The van der Waals surface area contributed by atoms with Crippen LogP contribution in [0.3, 0.4) is 0 Å². The first kappa shape index (κ1) is 26.2.